The second-order valence-corrected chi connectivity index (χ2v) is 5.70. The average Bonchev–Trinajstić information content (AvgIpc) is 2.52. The van der Waals surface area contributed by atoms with Gasteiger partial charge in [-0.2, -0.15) is 0 Å². The summed E-state index contributed by atoms with van der Waals surface area (Å²) in [5, 5.41) is 0.521. The third-order valence-corrected chi connectivity index (χ3v) is 3.54. The maximum Gasteiger partial charge on any atom is 0.258 e. The predicted octanol–water partition coefficient (Wildman–Crippen LogP) is 3.76. The van der Waals surface area contributed by atoms with Crippen molar-refractivity contribution < 1.29 is 9.13 Å². The molecule has 118 valence electrons. The zero-order valence-corrected chi connectivity index (χ0v) is 13.0. The van der Waals surface area contributed by atoms with Crippen molar-refractivity contribution in [2.45, 2.75) is 26.4 Å². The van der Waals surface area contributed by atoms with E-state index in [0.717, 1.165) is 5.56 Å². The molecule has 0 fully saturated rings. The summed E-state index contributed by atoms with van der Waals surface area (Å²) in [4.78, 5) is 19.3. The van der Waals surface area contributed by atoms with E-state index in [1.807, 2.05) is 13.8 Å². The summed E-state index contributed by atoms with van der Waals surface area (Å²) in [5.41, 5.74) is 1.18. The van der Waals surface area contributed by atoms with Gasteiger partial charge in [0.25, 0.3) is 5.56 Å². The number of ether oxygens (including phenoxy) is 1. The fourth-order valence-corrected chi connectivity index (χ4v) is 2.29. The molecule has 0 bridgehead atoms. The molecular weight excluding hydrogens is 295 g/mol. The summed E-state index contributed by atoms with van der Waals surface area (Å²) in [6.45, 7) is 4.19. The number of hydrogen-bond acceptors (Lipinski definition) is 3. The smallest absolute Gasteiger partial charge is 0.258 e. The number of nitrogens with one attached hydrogen (secondary N) is 1. The van der Waals surface area contributed by atoms with Crippen LogP contribution in [0.15, 0.2) is 47.3 Å². The Morgan fingerprint density at radius 3 is 2.78 bits per heavy atom. The second kappa shape index (κ2) is 6.20. The number of aromatic amines is 1. The topological polar surface area (TPSA) is 55.0 Å². The van der Waals surface area contributed by atoms with Crippen LogP contribution in [0.5, 0.6) is 5.75 Å². The van der Waals surface area contributed by atoms with Crippen molar-refractivity contribution in [2.24, 2.45) is 0 Å². The van der Waals surface area contributed by atoms with E-state index >= 15 is 0 Å². The Kier molecular flexibility index (Phi) is 4.10. The first kappa shape index (κ1) is 15.2. The summed E-state index contributed by atoms with van der Waals surface area (Å²) in [6.07, 6.45) is 0. The Morgan fingerprint density at radius 1 is 1.22 bits per heavy atom. The van der Waals surface area contributed by atoms with E-state index in [-0.39, 0.29) is 23.9 Å². The molecular formula is C18H17FN2O2. The van der Waals surface area contributed by atoms with Gasteiger partial charge in [0, 0.05) is 12.0 Å². The van der Waals surface area contributed by atoms with Gasteiger partial charge < -0.3 is 9.72 Å². The maximum atomic E-state index is 13.2. The summed E-state index contributed by atoms with van der Waals surface area (Å²) in [6, 6.07) is 11.4. The summed E-state index contributed by atoms with van der Waals surface area (Å²) in [7, 11) is 0. The molecule has 2 aromatic carbocycles. The highest BCUT2D eigenvalue weighted by atomic mass is 19.1. The largest absolute Gasteiger partial charge is 0.489 e. The molecule has 1 heterocycles. The summed E-state index contributed by atoms with van der Waals surface area (Å²) >= 11 is 0. The van der Waals surface area contributed by atoms with Crippen LogP contribution < -0.4 is 10.3 Å². The lowest BCUT2D eigenvalue weighted by molar-refractivity contribution is 0.306. The summed E-state index contributed by atoms with van der Waals surface area (Å²) in [5.74, 6) is 1.07. The van der Waals surface area contributed by atoms with Crippen molar-refractivity contribution >= 4 is 10.9 Å². The predicted molar refractivity (Wildman–Crippen MR) is 87.2 cm³/mol. The number of benzene rings is 2. The normalized spacial score (nSPS) is 11.1. The molecule has 3 aromatic rings. The van der Waals surface area contributed by atoms with Gasteiger partial charge in [0.05, 0.1) is 10.9 Å². The minimum atomic E-state index is -0.292. The molecule has 5 heteroatoms. The van der Waals surface area contributed by atoms with E-state index in [1.54, 1.807) is 30.3 Å². The number of aromatic nitrogens is 2. The molecule has 3 rings (SSSR count). The number of H-pyrrole nitrogens is 1. The quantitative estimate of drug-likeness (QED) is 0.798. The first-order chi connectivity index (χ1) is 11.0. The third-order valence-electron chi connectivity index (χ3n) is 3.54. The van der Waals surface area contributed by atoms with E-state index in [9.17, 15) is 9.18 Å². The number of hydrogen-bond donors (Lipinski definition) is 1. The lowest BCUT2D eigenvalue weighted by atomic mass is 10.2. The molecule has 0 aliphatic heterocycles. The zero-order valence-electron chi connectivity index (χ0n) is 13.0. The van der Waals surface area contributed by atoms with E-state index in [1.165, 1.54) is 12.1 Å². The molecule has 0 saturated heterocycles. The van der Waals surface area contributed by atoms with Crippen molar-refractivity contribution in [3.63, 3.8) is 0 Å². The second-order valence-electron chi connectivity index (χ2n) is 5.70. The number of halogens is 1. The number of fused-ring (bicyclic) bond motifs is 1. The molecule has 1 N–H and O–H groups in total. The third kappa shape index (κ3) is 3.39. The number of rotatable bonds is 4. The monoisotopic (exact) mass is 312 g/mol. The Balaban J connectivity index is 1.88. The zero-order chi connectivity index (χ0) is 16.4. The molecule has 0 radical (unpaired) electrons. The van der Waals surface area contributed by atoms with Gasteiger partial charge in [-0.05, 0) is 29.8 Å². The minimum Gasteiger partial charge on any atom is -0.489 e. The van der Waals surface area contributed by atoms with E-state index in [4.69, 9.17) is 4.74 Å². The highest BCUT2D eigenvalue weighted by molar-refractivity contribution is 5.79. The molecule has 23 heavy (non-hydrogen) atoms. The molecule has 4 nitrogen and oxygen atoms in total. The molecule has 0 spiro atoms. The van der Waals surface area contributed by atoms with Gasteiger partial charge in [0.2, 0.25) is 0 Å². The lowest BCUT2D eigenvalue weighted by Crippen LogP contribution is -2.12. The van der Waals surface area contributed by atoms with Crippen molar-refractivity contribution in [1.82, 2.24) is 9.97 Å². The fraction of sp³-hybridized carbons (Fsp3) is 0.222. The van der Waals surface area contributed by atoms with Gasteiger partial charge >= 0.3 is 0 Å². The van der Waals surface area contributed by atoms with Crippen LogP contribution in [0, 0.1) is 5.82 Å². The van der Waals surface area contributed by atoms with Crippen LogP contribution in [0.25, 0.3) is 10.9 Å². The van der Waals surface area contributed by atoms with E-state index < -0.39 is 0 Å². The van der Waals surface area contributed by atoms with Gasteiger partial charge in [-0.1, -0.05) is 26.0 Å². The van der Waals surface area contributed by atoms with Crippen LogP contribution in [0.3, 0.4) is 0 Å². The van der Waals surface area contributed by atoms with E-state index in [2.05, 4.69) is 9.97 Å². The van der Waals surface area contributed by atoms with Crippen LogP contribution in [-0.2, 0) is 6.61 Å². The highest BCUT2D eigenvalue weighted by Gasteiger charge is 2.08. The average molecular weight is 312 g/mol. The Hall–Kier alpha value is -2.69. The molecule has 0 aliphatic carbocycles. The van der Waals surface area contributed by atoms with Crippen molar-refractivity contribution in [3.8, 4) is 5.75 Å². The molecule has 0 saturated carbocycles. The summed E-state index contributed by atoms with van der Waals surface area (Å²) < 4.78 is 18.8. The van der Waals surface area contributed by atoms with E-state index in [0.29, 0.717) is 22.5 Å². The Bertz CT molecular complexity index is 903. The molecule has 0 unspecified atom stereocenters. The Morgan fingerprint density at radius 2 is 2.04 bits per heavy atom. The van der Waals surface area contributed by atoms with Crippen LogP contribution in [0.2, 0.25) is 0 Å². The first-order valence-corrected chi connectivity index (χ1v) is 7.44. The van der Waals surface area contributed by atoms with Gasteiger partial charge in [-0.25, -0.2) is 9.37 Å². The first-order valence-electron chi connectivity index (χ1n) is 7.44. The Labute approximate surface area is 133 Å². The lowest BCUT2D eigenvalue weighted by Gasteiger charge is -2.09. The van der Waals surface area contributed by atoms with Crippen molar-refractivity contribution in [3.05, 3.63) is 70.0 Å². The van der Waals surface area contributed by atoms with Crippen LogP contribution >= 0.6 is 0 Å². The van der Waals surface area contributed by atoms with Crippen LogP contribution in [0.4, 0.5) is 4.39 Å². The standard InChI is InChI=1S/C18H17FN2O2/c1-11(2)17-20-16-9-14(6-7-15(16)18(22)21-17)23-10-12-4-3-5-13(19)8-12/h3-9,11H,10H2,1-2H3,(H,20,21,22). The van der Waals surface area contributed by atoms with Gasteiger partial charge in [0.1, 0.15) is 24.0 Å². The number of nitrogens with zero attached hydrogens (tertiary/aromatic N) is 1. The van der Waals surface area contributed by atoms with Gasteiger partial charge in [-0.3, -0.25) is 4.79 Å². The maximum absolute atomic E-state index is 13.2. The minimum absolute atomic E-state index is 0.129. The van der Waals surface area contributed by atoms with Gasteiger partial charge in [-0.15, -0.1) is 0 Å². The van der Waals surface area contributed by atoms with Crippen LogP contribution in [0.1, 0.15) is 31.2 Å². The van der Waals surface area contributed by atoms with Crippen LogP contribution in [-0.4, -0.2) is 9.97 Å². The highest BCUT2D eigenvalue weighted by Crippen LogP contribution is 2.19. The molecule has 0 aliphatic rings. The molecule has 1 aromatic heterocycles. The van der Waals surface area contributed by atoms with Crippen molar-refractivity contribution in [1.29, 1.82) is 0 Å². The fourth-order valence-electron chi connectivity index (χ4n) is 2.29. The van der Waals surface area contributed by atoms with Crippen molar-refractivity contribution in [2.75, 3.05) is 0 Å². The molecule has 0 atom stereocenters. The molecule has 0 amide bonds. The SMILES string of the molecule is CC(C)c1nc2cc(OCc3cccc(F)c3)ccc2c(=O)[nH]1. The van der Waals surface area contributed by atoms with Gasteiger partial charge in [0.15, 0.2) is 0 Å².